The molecule has 23 heavy (non-hydrogen) atoms. The van der Waals surface area contributed by atoms with E-state index in [2.05, 4.69) is 9.98 Å². The zero-order valence-electron chi connectivity index (χ0n) is 12.2. The van der Waals surface area contributed by atoms with E-state index in [4.69, 9.17) is 11.6 Å². The quantitative estimate of drug-likeness (QED) is 0.516. The first-order valence-corrected chi connectivity index (χ1v) is 7.45. The lowest BCUT2D eigenvalue weighted by atomic mass is 10.0. The lowest BCUT2D eigenvalue weighted by Gasteiger charge is -2.06. The highest BCUT2D eigenvalue weighted by Gasteiger charge is 2.13. The minimum atomic E-state index is -0.102. The molecule has 3 aromatic rings. The van der Waals surface area contributed by atoms with Gasteiger partial charge in [-0.25, -0.2) is 0 Å². The topological polar surface area (TPSA) is 42.3 Å². The fraction of sp³-hybridized carbons (Fsp3) is 0. The van der Waals surface area contributed by atoms with Crippen molar-refractivity contribution in [3.05, 3.63) is 94.8 Å². The van der Waals surface area contributed by atoms with E-state index in [0.717, 1.165) is 5.56 Å². The number of rotatable bonds is 4. The number of pyridine rings is 1. The summed E-state index contributed by atoms with van der Waals surface area (Å²) in [4.78, 5) is 21.1. The van der Waals surface area contributed by atoms with Crippen LogP contribution in [0.5, 0.6) is 0 Å². The molecule has 0 fully saturated rings. The molecule has 0 bridgehead atoms. The zero-order valence-corrected chi connectivity index (χ0v) is 12.9. The standard InChI is InChI=1S/C19H13ClN2O/c20-16-6-7-18(22-13-14-8-10-21-11-9-14)17(12-16)19(23)15-4-2-1-3-5-15/h1-13H. The molecule has 0 saturated carbocycles. The summed E-state index contributed by atoms with van der Waals surface area (Å²) >= 11 is 6.05. The predicted octanol–water partition coefficient (Wildman–Crippen LogP) is 4.72. The van der Waals surface area contributed by atoms with Crippen LogP contribution in [0.2, 0.25) is 5.02 Å². The summed E-state index contributed by atoms with van der Waals surface area (Å²) in [6.07, 6.45) is 5.09. The van der Waals surface area contributed by atoms with Gasteiger partial charge in [0.2, 0.25) is 0 Å². The predicted molar refractivity (Wildman–Crippen MR) is 92.8 cm³/mol. The van der Waals surface area contributed by atoms with Crippen LogP contribution in [0.25, 0.3) is 0 Å². The summed E-state index contributed by atoms with van der Waals surface area (Å²) in [6.45, 7) is 0. The molecule has 112 valence electrons. The third kappa shape index (κ3) is 3.71. The summed E-state index contributed by atoms with van der Waals surface area (Å²) in [5.74, 6) is -0.102. The Balaban J connectivity index is 1.99. The van der Waals surface area contributed by atoms with E-state index in [-0.39, 0.29) is 5.78 Å². The number of aliphatic imine (C=N–C) groups is 1. The van der Waals surface area contributed by atoms with Crippen molar-refractivity contribution in [1.29, 1.82) is 0 Å². The van der Waals surface area contributed by atoms with Crippen molar-refractivity contribution in [2.45, 2.75) is 0 Å². The van der Waals surface area contributed by atoms with Gasteiger partial charge in [-0.2, -0.15) is 0 Å². The molecule has 0 N–H and O–H groups in total. The van der Waals surface area contributed by atoms with Gasteiger partial charge < -0.3 is 0 Å². The number of hydrogen-bond acceptors (Lipinski definition) is 3. The highest BCUT2D eigenvalue weighted by atomic mass is 35.5. The summed E-state index contributed by atoms with van der Waals surface area (Å²) in [5, 5.41) is 0.507. The fourth-order valence-corrected chi connectivity index (χ4v) is 2.31. The highest BCUT2D eigenvalue weighted by Crippen LogP contribution is 2.26. The van der Waals surface area contributed by atoms with Crippen molar-refractivity contribution in [1.82, 2.24) is 4.98 Å². The van der Waals surface area contributed by atoms with Crippen molar-refractivity contribution in [3.63, 3.8) is 0 Å². The maximum atomic E-state index is 12.7. The van der Waals surface area contributed by atoms with Crippen LogP contribution >= 0.6 is 11.6 Å². The van der Waals surface area contributed by atoms with Crippen LogP contribution < -0.4 is 0 Å². The lowest BCUT2D eigenvalue weighted by molar-refractivity contribution is 0.103. The van der Waals surface area contributed by atoms with Gasteiger partial charge in [0.05, 0.1) is 5.69 Å². The molecule has 1 heterocycles. The van der Waals surface area contributed by atoms with Gasteiger partial charge in [-0.3, -0.25) is 14.8 Å². The molecular formula is C19H13ClN2O. The van der Waals surface area contributed by atoms with Crippen LogP contribution in [-0.2, 0) is 0 Å². The Labute approximate surface area is 139 Å². The van der Waals surface area contributed by atoms with E-state index < -0.39 is 0 Å². The smallest absolute Gasteiger partial charge is 0.195 e. The van der Waals surface area contributed by atoms with Crippen molar-refractivity contribution in [2.24, 2.45) is 4.99 Å². The Morgan fingerprint density at radius 1 is 1.00 bits per heavy atom. The van der Waals surface area contributed by atoms with Gasteiger partial charge in [-0.15, -0.1) is 0 Å². The largest absolute Gasteiger partial charge is 0.289 e. The molecule has 0 unspecified atom stereocenters. The number of aromatic nitrogens is 1. The maximum Gasteiger partial charge on any atom is 0.195 e. The van der Waals surface area contributed by atoms with E-state index in [0.29, 0.717) is 21.8 Å². The molecule has 0 atom stereocenters. The van der Waals surface area contributed by atoms with E-state index in [1.54, 1.807) is 48.9 Å². The second kappa shape index (κ2) is 6.99. The normalized spacial score (nSPS) is 10.8. The molecule has 0 saturated heterocycles. The molecule has 1 aromatic heterocycles. The SMILES string of the molecule is O=C(c1ccccc1)c1cc(Cl)ccc1N=Cc1ccncc1. The van der Waals surface area contributed by atoms with E-state index in [9.17, 15) is 4.79 Å². The van der Waals surface area contributed by atoms with E-state index in [1.807, 2.05) is 30.3 Å². The molecule has 0 spiro atoms. The van der Waals surface area contributed by atoms with Gasteiger partial charge >= 0.3 is 0 Å². The van der Waals surface area contributed by atoms with Gasteiger partial charge in [0, 0.05) is 34.8 Å². The molecule has 0 aliphatic rings. The van der Waals surface area contributed by atoms with Gasteiger partial charge in [-0.05, 0) is 35.9 Å². The Bertz CT molecular complexity index is 846. The third-order valence-corrected chi connectivity index (χ3v) is 3.53. The Morgan fingerprint density at radius 3 is 2.48 bits per heavy atom. The summed E-state index contributed by atoms with van der Waals surface area (Å²) in [7, 11) is 0. The summed E-state index contributed by atoms with van der Waals surface area (Å²) in [5.41, 5.74) is 2.58. The van der Waals surface area contributed by atoms with Crippen molar-refractivity contribution in [3.8, 4) is 0 Å². The second-order valence-electron chi connectivity index (χ2n) is 4.90. The zero-order chi connectivity index (χ0) is 16.1. The van der Waals surface area contributed by atoms with E-state index >= 15 is 0 Å². The summed E-state index contributed by atoms with van der Waals surface area (Å²) in [6, 6.07) is 17.9. The monoisotopic (exact) mass is 320 g/mol. The maximum absolute atomic E-state index is 12.7. The fourth-order valence-electron chi connectivity index (χ4n) is 2.14. The molecule has 0 radical (unpaired) electrons. The second-order valence-corrected chi connectivity index (χ2v) is 5.33. The van der Waals surface area contributed by atoms with Crippen LogP contribution in [0.3, 0.4) is 0 Å². The number of hydrogen-bond donors (Lipinski definition) is 0. The number of ketones is 1. The number of benzene rings is 2. The number of nitrogens with zero attached hydrogens (tertiary/aromatic N) is 2. The average molecular weight is 321 g/mol. The molecule has 3 nitrogen and oxygen atoms in total. The van der Waals surface area contributed by atoms with Gasteiger partial charge in [0.25, 0.3) is 0 Å². The van der Waals surface area contributed by atoms with Crippen LogP contribution in [0.15, 0.2) is 78.0 Å². The number of halogens is 1. The van der Waals surface area contributed by atoms with Crippen LogP contribution in [0.4, 0.5) is 5.69 Å². The van der Waals surface area contributed by atoms with Crippen molar-refractivity contribution in [2.75, 3.05) is 0 Å². The minimum Gasteiger partial charge on any atom is -0.289 e. The lowest BCUT2D eigenvalue weighted by Crippen LogP contribution is -2.01. The van der Waals surface area contributed by atoms with E-state index in [1.165, 1.54) is 0 Å². The molecular weight excluding hydrogens is 308 g/mol. The van der Waals surface area contributed by atoms with Gasteiger partial charge in [-0.1, -0.05) is 41.9 Å². The Kier molecular flexibility index (Phi) is 4.60. The first-order valence-electron chi connectivity index (χ1n) is 7.07. The van der Waals surface area contributed by atoms with Crippen LogP contribution in [0, 0.1) is 0 Å². The minimum absolute atomic E-state index is 0.102. The summed E-state index contributed by atoms with van der Waals surface area (Å²) < 4.78 is 0. The average Bonchev–Trinajstić information content (AvgIpc) is 2.61. The first kappa shape index (κ1) is 15.1. The Morgan fingerprint density at radius 2 is 1.74 bits per heavy atom. The molecule has 4 heteroatoms. The van der Waals surface area contributed by atoms with Crippen molar-refractivity contribution < 1.29 is 4.79 Å². The number of carbonyl (C=O) groups excluding carboxylic acids is 1. The molecule has 2 aromatic carbocycles. The number of carbonyl (C=O) groups is 1. The Hall–Kier alpha value is -2.78. The molecule has 3 rings (SSSR count). The van der Waals surface area contributed by atoms with Crippen LogP contribution in [-0.4, -0.2) is 17.0 Å². The van der Waals surface area contributed by atoms with Gasteiger partial charge in [0.15, 0.2) is 5.78 Å². The van der Waals surface area contributed by atoms with Crippen molar-refractivity contribution >= 4 is 29.3 Å². The molecule has 0 aliphatic heterocycles. The van der Waals surface area contributed by atoms with Crippen LogP contribution in [0.1, 0.15) is 21.5 Å². The third-order valence-electron chi connectivity index (χ3n) is 3.30. The highest BCUT2D eigenvalue weighted by molar-refractivity contribution is 6.31. The molecule has 0 amide bonds. The first-order chi connectivity index (χ1) is 11.2. The van der Waals surface area contributed by atoms with Gasteiger partial charge in [0.1, 0.15) is 0 Å². The molecule has 0 aliphatic carbocycles.